The summed E-state index contributed by atoms with van der Waals surface area (Å²) in [4.78, 5) is 0. The maximum atomic E-state index is 14.7. The minimum Gasteiger partial charge on any atom is -0.374 e. The van der Waals surface area contributed by atoms with Crippen LogP contribution < -0.4 is 0 Å². The van der Waals surface area contributed by atoms with Gasteiger partial charge in [0.2, 0.25) is 0 Å². The highest BCUT2D eigenvalue weighted by Crippen LogP contribution is 2.44. The van der Waals surface area contributed by atoms with E-state index in [0.717, 1.165) is 49.9 Å². The van der Waals surface area contributed by atoms with E-state index >= 15 is 0 Å². The molecule has 0 N–H and O–H groups in total. The topological polar surface area (TPSA) is 9.23 Å². The average Bonchev–Trinajstić information content (AvgIpc) is 2.66. The third-order valence-electron chi connectivity index (χ3n) is 6.31. The van der Waals surface area contributed by atoms with E-state index < -0.39 is 11.7 Å². The minimum atomic E-state index is -0.782. The molecular weight excluding hydrogens is 330 g/mol. The largest absolute Gasteiger partial charge is 0.374 e. The van der Waals surface area contributed by atoms with Crippen LogP contribution in [0.15, 0.2) is 36.0 Å². The van der Waals surface area contributed by atoms with Crippen LogP contribution in [0.1, 0.15) is 71.6 Å². The molecule has 0 heterocycles. The Hall–Kier alpha value is -0.960. The van der Waals surface area contributed by atoms with E-state index in [1.54, 1.807) is 12.2 Å². The third-order valence-corrected chi connectivity index (χ3v) is 6.31. The Kier molecular flexibility index (Phi) is 9.04. The summed E-state index contributed by atoms with van der Waals surface area (Å²) in [6.07, 6.45) is 13.6. The molecule has 0 unspecified atom stereocenters. The molecule has 0 amide bonds. The van der Waals surface area contributed by atoms with Crippen LogP contribution in [0.25, 0.3) is 0 Å². The van der Waals surface area contributed by atoms with Gasteiger partial charge >= 0.3 is 0 Å². The second-order valence-corrected chi connectivity index (χ2v) is 8.26. The van der Waals surface area contributed by atoms with Crippen LogP contribution in [0.4, 0.5) is 8.78 Å². The average molecular weight is 367 g/mol. The quantitative estimate of drug-likeness (QED) is 0.323. The molecule has 2 saturated carbocycles. The summed E-state index contributed by atoms with van der Waals surface area (Å²) >= 11 is 0. The monoisotopic (exact) mass is 366 g/mol. The summed E-state index contributed by atoms with van der Waals surface area (Å²) in [5, 5.41) is 0. The lowest BCUT2D eigenvalue weighted by molar-refractivity contribution is 0.139. The summed E-state index contributed by atoms with van der Waals surface area (Å²) in [6, 6.07) is 0. The van der Waals surface area contributed by atoms with Gasteiger partial charge in [0.1, 0.15) is 6.61 Å². The summed E-state index contributed by atoms with van der Waals surface area (Å²) < 4.78 is 34.0. The molecule has 0 aromatic heterocycles. The molecule has 2 aliphatic carbocycles. The molecule has 2 rings (SSSR count). The molecule has 26 heavy (non-hydrogen) atoms. The third kappa shape index (κ3) is 6.04. The zero-order valence-corrected chi connectivity index (χ0v) is 16.6. The fourth-order valence-corrected chi connectivity index (χ4v) is 4.70. The van der Waals surface area contributed by atoms with E-state index in [0.29, 0.717) is 12.2 Å². The number of allylic oxidation sites excluding steroid dienone is 4. The molecular formula is C23H36F2O. The summed E-state index contributed by atoms with van der Waals surface area (Å²) in [5.41, 5.74) is 0.480. The Morgan fingerprint density at radius 1 is 1.00 bits per heavy atom. The van der Waals surface area contributed by atoms with Gasteiger partial charge in [-0.25, -0.2) is 8.78 Å². The zero-order chi connectivity index (χ0) is 18.9. The summed E-state index contributed by atoms with van der Waals surface area (Å²) in [6.45, 7) is 8.17. The molecule has 1 nitrogen and oxygen atoms in total. The van der Waals surface area contributed by atoms with Gasteiger partial charge in [-0.15, -0.1) is 0 Å². The molecule has 2 aliphatic rings. The van der Waals surface area contributed by atoms with Crippen molar-refractivity contribution < 1.29 is 13.5 Å². The Balaban J connectivity index is 1.94. The molecule has 2 fully saturated rings. The van der Waals surface area contributed by atoms with Crippen molar-refractivity contribution in [1.29, 1.82) is 0 Å². The van der Waals surface area contributed by atoms with E-state index in [4.69, 9.17) is 4.74 Å². The second-order valence-electron chi connectivity index (χ2n) is 8.26. The van der Waals surface area contributed by atoms with E-state index in [2.05, 4.69) is 13.5 Å². The summed E-state index contributed by atoms with van der Waals surface area (Å²) in [7, 11) is 0. The van der Waals surface area contributed by atoms with E-state index in [-0.39, 0.29) is 12.5 Å². The van der Waals surface area contributed by atoms with E-state index in [9.17, 15) is 8.78 Å². The zero-order valence-electron chi connectivity index (χ0n) is 16.6. The molecule has 0 aromatic carbocycles. The van der Waals surface area contributed by atoms with Crippen LogP contribution >= 0.6 is 0 Å². The van der Waals surface area contributed by atoms with Crippen LogP contribution in [0.5, 0.6) is 0 Å². The molecule has 148 valence electrons. The Bertz CT molecular complexity index is 492. The smallest absolute Gasteiger partial charge is 0.161 e. The van der Waals surface area contributed by atoms with E-state index in [1.165, 1.54) is 25.7 Å². The molecule has 3 heteroatoms. The maximum absolute atomic E-state index is 14.7. The number of hydrogen-bond acceptors (Lipinski definition) is 1. The molecule has 0 spiro atoms. The van der Waals surface area contributed by atoms with Crippen molar-refractivity contribution in [2.75, 3.05) is 13.2 Å². The lowest BCUT2D eigenvalue weighted by atomic mass is 9.68. The molecule has 0 saturated heterocycles. The molecule has 0 atom stereocenters. The highest BCUT2D eigenvalue weighted by Gasteiger charge is 2.32. The van der Waals surface area contributed by atoms with Gasteiger partial charge in [-0.3, -0.25) is 0 Å². The van der Waals surface area contributed by atoms with Gasteiger partial charge in [0, 0.05) is 6.61 Å². The fraction of sp³-hybridized carbons (Fsp3) is 0.739. The first-order valence-corrected chi connectivity index (χ1v) is 10.5. The van der Waals surface area contributed by atoms with Crippen LogP contribution in [0.3, 0.4) is 0 Å². The normalized spacial score (nSPS) is 31.5. The fourth-order valence-electron chi connectivity index (χ4n) is 4.70. The van der Waals surface area contributed by atoms with Gasteiger partial charge in [0.15, 0.2) is 11.7 Å². The number of rotatable bonds is 8. The van der Waals surface area contributed by atoms with Gasteiger partial charge in [-0.1, -0.05) is 45.4 Å². The van der Waals surface area contributed by atoms with Crippen LogP contribution in [-0.4, -0.2) is 13.2 Å². The van der Waals surface area contributed by atoms with Crippen LogP contribution in [-0.2, 0) is 4.74 Å². The lowest BCUT2D eigenvalue weighted by Crippen LogP contribution is -2.26. The van der Waals surface area contributed by atoms with Crippen molar-refractivity contribution in [2.24, 2.45) is 23.7 Å². The first-order chi connectivity index (χ1) is 12.6. The van der Waals surface area contributed by atoms with Crippen LogP contribution in [0.2, 0.25) is 0 Å². The van der Waals surface area contributed by atoms with Crippen molar-refractivity contribution in [3.8, 4) is 0 Å². The van der Waals surface area contributed by atoms with Gasteiger partial charge in [0.05, 0.1) is 0 Å². The van der Waals surface area contributed by atoms with Crippen LogP contribution in [0, 0.1) is 23.7 Å². The molecule has 0 aromatic rings. The van der Waals surface area contributed by atoms with Gasteiger partial charge in [-0.05, 0) is 74.2 Å². The standard InChI is InChI=1S/C23H36F2O/c1-4-6-21(23(25)22(24)16-26-15-5-2)20-13-11-19(12-14-20)18-9-7-17(3)8-10-18/h4,6,17-20H,1,5,7-16H2,2-3H3/b21-6-,23-22-. The van der Waals surface area contributed by atoms with Gasteiger partial charge in [0.25, 0.3) is 0 Å². The van der Waals surface area contributed by atoms with Crippen molar-refractivity contribution >= 4 is 0 Å². The van der Waals surface area contributed by atoms with Crippen molar-refractivity contribution in [1.82, 2.24) is 0 Å². The maximum Gasteiger partial charge on any atom is 0.161 e. The highest BCUT2D eigenvalue weighted by molar-refractivity contribution is 5.33. The first-order valence-electron chi connectivity index (χ1n) is 10.5. The Labute approximate surface area is 158 Å². The molecule has 0 aliphatic heterocycles. The number of ether oxygens (including phenoxy) is 1. The second kappa shape index (κ2) is 11.0. The summed E-state index contributed by atoms with van der Waals surface area (Å²) in [5.74, 6) is 1.09. The minimum absolute atomic E-state index is 0.101. The number of hydrogen-bond donors (Lipinski definition) is 0. The van der Waals surface area contributed by atoms with Crippen molar-refractivity contribution in [2.45, 2.75) is 71.6 Å². The SMILES string of the molecule is C=C/C=C(\C(F)=C(\F)COCCC)C1CCC(C2CCC(C)CC2)CC1. The highest BCUT2D eigenvalue weighted by atomic mass is 19.2. The predicted molar refractivity (Wildman–Crippen MR) is 105 cm³/mol. The lowest BCUT2D eigenvalue weighted by Gasteiger charge is -2.37. The van der Waals surface area contributed by atoms with Crippen molar-refractivity contribution in [3.63, 3.8) is 0 Å². The number of halogens is 2. The molecule has 0 bridgehead atoms. The van der Waals surface area contributed by atoms with E-state index in [1.807, 2.05) is 6.92 Å². The molecule has 0 radical (unpaired) electrons. The van der Waals surface area contributed by atoms with Gasteiger partial charge < -0.3 is 4.74 Å². The Morgan fingerprint density at radius 2 is 1.58 bits per heavy atom. The first kappa shape index (κ1) is 21.3. The predicted octanol–water partition coefficient (Wildman–Crippen LogP) is 7.31. The Morgan fingerprint density at radius 3 is 2.12 bits per heavy atom. The van der Waals surface area contributed by atoms with Gasteiger partial charge in [-0.2, -0.15) is 0 Å². The van der Waals surface area contributed by atoms with Crippen molar-refractivity contribution in [3.05, 3.63) is 36.0 Å².